The van der Waals surface area contributed by atoms with Gasteiger partial charge in [-0.05, 0) is 18.6 Å². The van der Waals surface area contributed by atoms with Crippen LogP contribution in [0.15, 0.2) is 22.3 Å². The molecule has 25 heavy (non-hydrogen) atoms. The Labute approximate surface area is 143 Å². The number of nitrogens with one attached hydrogen (secondary N) is 1. The number of rotatable bonds is 4. The van der Waals surface area contributed by atoms with Gasteiger partial charge in [-0.15, -0.1) is 5.10 Å². The molecule has 0 saturated carbocycles. The smallest absolute Gasteiger partial charge is 0.417 e. The second-order valence-electron chi connectivity index (χ2n) is 4.99. The molecule has 0 radical (unpaired) electrons. The van der Waals surface area contributed by atoms with Crippen molar-refractivity contribution in [2.45, 2.75) is 24.8 Å². The summed E-state index contributed by atoms with van der Waals surface area (Å²) in [7, 11) is 0. The minimum atomic E-state index is -4.77. The Morgan fingerprint density at radius 2 is 2.12 bits per heavy atom. The monoisotopic (exact) mass is 377 g/mol. The summed E-state index contributed by atoms with van der Waals surface area (Å²) in [6, 6.07) is 1.89. The van der Waals surface area contributed by atoms with Crippen LogP contribution in [0.1, 0.15) is 23.1 Å². The van der Waals surface area contributed by atoms with Crippen LogP contribution >= 0.6 is 11.8 Å². The molecule has 1 saturated heterocycles. The molecule has 1 unspecified atom stereocenters. The van der Waals surface area contributed by atoms with Gasteiger partial charge < -0.3 is 10.4 Å². The number of hydrogen-bond donors (Lipinski definition) is 2. The molecular formula is C14H11F4N3O3S. The number of thioether (sulfide) groups is 1. The van der Waals surface area contributed by atoms with E-state index in [9.17, 15) is 27.2 Å². The second kappa shape index (κ2) is 7.21. The summed E-state index contributed by atoms with van der Waals surface area (Å²) >= 11 is 0.778. The SMILES string of the molecule is Cc1ccc(F)c(C=NN=C2NC(=O)C(CC(=O)O)S2)c1C(F)(F)F. The number of amidine groups is 1. The molecule has 1 aliphatic rings. The average molecular weight is 377 g/mol. The highest BCUT2D eigenvalue weighted by atomic mass is 32.2. The lowest BCUT2D eigenvalue weighted by Gasteiger charge is -2.13. The third kappa shape index (κ3) is 4.56. The van der Waals surface area contributed by atoms with Crippen LogP contribution in [0.2, 0.25) is 0 Å². The van der Waals surface area contributed by atoms with Crippen molar-refractivity contribution in [2.24, 2.45) is 10.2 Å². The van der Waals surface area contributed by atoms with Crippen molar-refractivity contribution in [2.75, 3.05) is 0 Å². The van der Waals surface area contributed by atoms with E-state index in [4.69, 9.17) is 5.11 Å². The number of alkyl halides is 3. The molecule has 6 nitrogen and oxygen atoms in total. The first-order valence-corrected chi connectivity index (χ1v) is 7.64. The molecule has 2 N–H and O–H groups in total. The molecule has 1 aromatic carbocycles. The van der Waals surface area contributed by atoms with Crippen LogP contribution in [0.3, 0.4) is 0 Å². The first kappa shape index (κ1) is 18.9. The molecule has 2 rings (SSSR count). The standard InChI is InChI=1S/C14H11F4N3O3S/c1-6-2-3-8(15)7(11(6)14(16,17)18)5-19-21-13-20-12(24)9(25-13)4-10(22)23/h2-3,5,9H,4H2,1H3,(H,22,23)(H,20,21,24). The van der Waals surface area contributed by atoms with Gasteiger partial charge in [0.25, 0.3) is 0 Å². The van der Waals surface area contributed by atoms with Crippen LogP contribution in [-0.4, -0.2) is 33.6 Å². The van der Waals surface area contributed by atoms with Crippen LogP contribution < -0.4 is 5.32 Å². The molecule has 0 bridgehead atoms. The van der Waals surface area contributed by atoms with E-state index in [1.54, 1.807) is 0 Å². The zero-order chi connectivity index (χ0) is 18.8. The number of hydrogen-bond acceptors (Lipinski definition) is 5. The van der Waals surface area contributed by atoms with Crippen LogP contribution in [0, 0.1) is 12.7 Å². The highest BCUT2D eigenvalue weighted by Crippen LogP contribution is 2.35. The maximum atomic E-state index is 13.7. The topological polar surface area (TPSA) is 91.1 Å². The predicted molar refractivity (Wildman–Crippen MR) is 82.9 cm³/mol. The number of carboxylic acids is 1. The first-order valence-electron chi connectivity index (χ1n) is 6.76. The van der Waals surface area contributed by atoms with Gasteiger partial charge in [0.15, 0.2) is 5.17 Å². The number of aryl methyl sites for hydroxylation is 1. The Morgan fingerprint density at radius 3 is 2.72 bits per heavy atom. The Morgan fingerprint density at radius 1 is 1.44 bits per heavy atom. The molecule has 1 fully saturated rings. The second-order valence-corrected chi connectivity index (χ2v) is 6.19. The van der Waals surface area contributed by atoms with Gasteiger partial charge in [-0.25, -0.2) is 4.39 Å². The lowest BCUT2D eigenvalue weighted by Crippen LogP contribution is -2.26. The third-order valence-electron chi connectivity index (χ3n) is 3.16. The molecule has 0 aliphatic carbocycles. The zero-order valence-electron chi connectivity index (χ0n) is 12.6. The summed E-state index contributed by atoms with van der Waals surface area (Å²) < 4.78 is 52.9. The highest BCUT2D eigenvalue weighted by molar-refractivity contribution is 8.15. The summed E-state index contributed by atoms with van der Waals surface area (Å²) in [4.78, 5) is 22.1. The summed E-state index contributed by atoms with van der Waals surface area (Å²) in [5, 5.41) is 16.8. The van der Waals surface area contributed by atoms with Crippen LogP contribution in [-0.2, 0) is 15.8 Å². The summed E-state index contributed by atoms with van der Waals surface area (Å²) in [5.74, 6) is -2.90. The van der Waals surface area contributed by atoms with Gasteiger partial charge in [-0.2, -0.15) is 18.3 Å². The van der Waals surface area contributed by atoms with Gasteiger partial charge in [0.05, 0.1) is 18.2 Å². The Bertz CT molecular complexity index is 777. The maximum Gasteiger partial charge on any atom is 0.417 e. The van der Waals surface area contributed by atoms with Gasteiger partial charge in [0.2, 0.25) is 5.91 Å². The van der Waals surface area contributed by atoms with E-state index in [-0.39, 0.29) is 10.7 Å². The lowest BCUT2D eigenvalue weighted by molar-refractivity contribution is -0.139. The van der Waals surface area contributed by atoms with Crippen molar-refractivity contribution in [3.05, 3.63) is 34.6 Å². The number of halogens is 4. The summed E-state index contributed by atoms with van der Waals surface area (Å²) in [6.45, 7) is 1.19. The summed E-state index contributed by atoms with van der Waals surface area (Å²) in [6.07, 6.45) is -4.61. The molecule has 1 atom stereocenters. The number of amides is 1. The molecule has 0 spiro atoms. The summed E-state index contributed by atoms with van der Waals surface area (Å²) in [5.41, 5.74) is -2.11. The van der Waals surface area contributed by atoms with Gasteiger partial charge in [0, 0.05) is 5.56 Å². The van der Waals surface area contributed by atoms with Crippen LogP contribution in [0.25, 0.3) is 0 Å². The normalized spacial score (nSPS) is 19.6. The number of carbonyl (C=O) groups excluding carboxylic acids is 1. The van der Waals surface area contributed by atoms with Gasteiger partial charge in [-0.1, -0.05) is 17.8 Å². The number of aliphatic carboxylic acids is 1. The van der Waals surface area contributed by atoms with Gasteiger partial charge in [-0.3, -0.25) is 9.59 Å². The van der Waals surface area contributed by atoms with Gasteiger partial charge >= 0.3 is 12.1 Å². The number of carboxylic acid groups (broad SMARTS) is 1. The maximum absolute atomic E-state index is 13.7. The molecule has 0 aromatic heterocycles. The minimum absolute atomic E-state index is 0.0749. The molecule has 1 amide bonds. The van der Waals surface area contributed by atoms with E-state index >= 15 is 0 Å². The first-order chi connectivity index (χ1) is 11.6. The van der Waals surface area contributed by atoms with Crippen LogP contribution in [0.5, 0.6) is 0 Å². The minimum Gasteiger partial charge on any atom is -0.481 e. The molecule has 134 valence electrons. The van der Waals surface area contributed by atoms with Crippen molar-refractivity contribution in [1.82, 2.24) is 5.32 Å². The van der Waals surface area contributed by atoms with Crippen molar-refractivity contribution < 1.29 is 32.3 Å². The number of carbonyl (C=O) groups is 2. The Hall–Kier alpha value is -2.43. The largest absolute Gasteiger partial charge is 0.481 e. The molecule has 1 aromatic rings. The van der Waals surface area contributed by atoms with E-state index in [1.807, 2.05) is 0 Å². The van der Waals surface area contributed by atoms with Crippen molar-refractivity contribution in [3.8, 4) is 0 Å². The molecule has 1 heterocycles. The number of nitrogens with zero attached hydrogens (tertiary/aromatic N) is 2. The fourth-order valence-electron chi connectivity index (χ4n) is 2.09. The van der Waals surface area contributed by atoms with E-state index in [2.05, 4.69) is 15.5 Å². The lowest BCUT2D eigenvalue weighted by atomic mass is 10.0. The fraction of sp³-hybridized carbons (Fsp3) is 0.286. The molecule has 1 aliphatic heterocycles. The van der Waals surface area contributed by atoms with E-state index in [1.165, 1.54) is 6.92 Å². The van der Waals surface area contributed by atoms with Gasteiger partial charge in [0.1, 0.15) is 11.1 Å². The van der Waals surface area contributed by atoms with Crippen molar-refractivity contribution >= 4 is 35.0 Å². The predicted octanol–water partition coefficient (Wildman–Crippen LogP) is 2.55. The third-order valence-corrected chi connectivity index (χ3v) is 4.23. The van der Waals surface area contributed by atoms with E-state index in [0.717, 1.165) is 23.9 Å². The molecular weight excluding hydrogens is 366 g/mol. The Balaban J connectivity index is 2.25. The number of benzene rings is 1. The highest BCUT2D eigenvalue weighted by Gasteiger charge is 2.36. The van der Waals surface area contributed by atoms with Crippen LogP contribution in [0.4, 0.5) is 17.6 Å². The van der Waals surface area contributed by atoms with Crippen molar-refractivity contribution in [1.29, 1.82) is 0 Å². The Kier molecular flexibility index (Phi) is 5.45. The van der Waals surface area contributed by atoms with E-state index < -0.39 is 46.7 Å². The fourth-order valence-corrected chi connectivity index (χ4v) is 3.00. The molecule has 11 heteroatoms. The van der Waals surface area contributed by atoms with Crippen molar-refractivity contribution in [3.63, 3.8) is 0 Å². The average Bonchev–Trinajstić information content (AvgIpc) is 2.80. The van der Waals surface area contributed by atoms with E-state index in [0.29, 0.717) is 6.21 Å². The zero-order valence-corrected chi connectivity index (χ0v) is 13.4. The quantitative estimate of drug-likeness (QED) is 0.479.